The lowest BCUT2D eigenvalue weighted by molar-refractivity contribution is -0.140. The number of rotatable bonds is 6. The van der Waals surface area contributed by atoms with E-state index >= 15 is 0 Å². The van der Waals surface area contributed by atoms with Crippen LogP contribution in [-0.4, -0.2) is 29.1 Å². The third-order valence-corrected chi connectivity index (χ3v) is 6.42. The number of nitrogens with zero attached hydrogens (tertiary/aromatic N) is 6. The van der Waals surface area contributed by atoms with E-state index in [-0.39, 0.29) is 23.3 Å². The lowest BCUT2D eigenvalue weighted by atomic mass is 10.0. The van der Waals surface area contributed by atoms with E-state index in [0.717, 1.165) is 23.0 Å². The predicted octanol–water partition coefficient (Wildman–Crippen LogP) is 6.22. The Kier molecular flexibility index (Phi) is 6.42. The molecule has 196 valence electrons. The second kappa shape index (κ2) is 9.59. The Morgan fingerprint density at radius 1 is 0.947 bits per heavy atom. The molecular formula is C28H27F3N6O. The third kappa shape index (κ3) is 4.73. The molecule has 0 aliphatic heterocycles. The number of benzene rings is 2. The van der Waals surface area contributed by atoms with Gasteiger partial charge >= 0.3 is 6.18 Å². The van der Waals surface area contributed by atoms with Crippen LogP contribution in [0.5, 0.6) is 0 Å². The van der Waals surface area contributed by atoms with E-state index in [9.17, 15) is 18.0 Å². The Bertz CT molecular complexity index is 1660. The van der Waals surface area contributed by atoms with Gasteiger partial charge in [0.25, 0.3) is 5.56 Å². The average Bonchev–Trinajstić information content (AvgIpc) is 3.50. The molecule has 5 aromatic rings. The van der Waals surface area contributed by atoms with Crippen molar-refractivity contribution in [2.45, 2.75) is 52.4 Å². The van der Waals surface area contributed by atoms with Crippen molar-refractivity contribution >= 4 is 10.9 Å². The summed E-state index contributed by atoms with van der Waals surface area (Å²) in [6, 6.07) is 14.6. The maximum absolute atomic E-state index is 13.3. The molecule has 5 rings (SSSR count). The third-order valence-electron chi connectivity index (χ3n) is 6.42. The van der Waals surface area contributed by atoms with Gasteiger partial charge in [0.1, 0.15) is 5.82 Å². The van der Waals surface area contributed by atoms with Crippen LogP contribution in [-0.2, 0) is 12.7 Å². The van der Waals surface area contributed by atoms with Crippen LogP contribution in [0.2, 0.25) is 0 Å². The SMILES string of the molecule is CC(C)c1ccccc1-n1ncc2cn(Cc3ccc(-c4nc(C(F)(F)F)cn4C(C)C)cc3)nc2c1=O. The Morgan fingerprint density at radius 3 is 2.32 bits per heavy atom. The molecule has 0 atom stereocenters. The fourth-order valence-electron chi connectivity index (χ4n) is 4.48. The lowest BCUT2D eigenvalue weighted by Crippen LogP contribution is -2.22. The van der Waals surface area contributed by atoms with Crippen LogP contribution in [0.4, 0.5) is 13.2 Å². The van der Waals surface area contributed by atoms with E-state index in [1.54, 1.807) is 29.2 Å². The highest BCUT2D eigenvalue weighted by molar-refractivity contribution is 5.76. The van der Waals surface area contributed by atoms with Crippen molar-refractivity contribution in [2.75, 3.05) is 0 Å². The van der Waals surface area contributed by atoms with E-state index in [4.69, 9.17) is 0 Å². The summed E-state index contributed by atoms with van der Waals surface area (Å²) in [6.45, 7) is 8.13. The number of halogens is 3. The number of hydrogen-bond acceptors (Lipinski definition) is 4. The first-order valence-corrected chi connectivity index (χ1v) is 12.3. The first kappa shape index (κ1) is 25.4. The van der Waals surface area contributed by atoms with Crippen LogP contribution < -0.4 is 5.56 Å². The number of fused-ring (bicyclic) bond motifs is 1. The standard InChI is InChI=1S/C28H27F3N6O/c1-17(2)22-7-5-6-8-23(22)37-27(38)25-21(13-32-37)15-35(34-25)14-19-9-11-20(12-10-19)26-33-24(28(29,30)31)16-36(26)18(3)4/h5-13,15-18H,14H2,1-4H3. The topological polar surface area (TPSA) is 70.5 Å². The first-order valence-electron chi connectivity index (χ1n) is 12.3. The molecule has 0 saturated carbocycles. The molecule has 0 aliphatic rings. The number of aromatic nitrogens is 6. The van der Waals surface area contributed by atoms with Crippen LogP contribution in [0.15, 0.2) is 71.9 Å². The zero-order chi connectivity index (χ0) is 27.2. The van der Waals surface area contributed by atoms with Gasteiger partial charge in [-0.25, -0.2) is 4.98 Å². The molecular weight excluding hydrogens is 493 g/mol. The summed E-state index contributed by atoms with van der Waals surface area (Å²) < 4.78 is 44.3. The molecule has 0 N–H and O–H groups in total. The van der Waals surface area contributed by atoms with E-state index in [1.165, 1.54) is 9.25 Å². The average molecular weight is 521 g/mol. The quantitative estimate of drug-likeness (QED) is 0.267. The molecule has 0 saturated heterocycles. The summed E-state index contributed by atoms with van der Waals surface area (Å²) in [4.78, 5) is 17.1. The molecule has 3 aromatic heterocycles. The highest BCUT2D eigenvalue weighted by Crippen LogP contribution is 2.32. The van der Waals surface area contributed by atoms with Crippen molar-refractivity contribution < 1.29 is 13.2 Å². The van der Waals surface area contributed by atoms with Gasteiger partial charge in [-0.05, 0) is 37.0 Å². The Hall–Kier alpha value is -4.21. The van der Waals surface area contributed by atoms with Gasteiger partial charge in [-0.3, -0.25) is 9.48 Å². The molecule has 0 aliphatic carbocycles. The fraction of sp³-hybridized carbons (Fsp3) is 0.286. The predicted molar refractivity (Wildman–Crippen MR) is 139 cm³/mol. The van der Waals surface area contributed by atoms with Crippen molar-refractivity contribution in [1.29, 1.82) is 0 Å². The van der Waals surface area contributed by atoms with Crippen LogP contribution in [0, 0.1) is 0 Å². The van der Waals surface area contributed by atoms with Gasteiger partial charge in [-0.15, -0.1) is 0 Å². The van der Waals surface area contributed by atoms with Crippen LogP contribution in [0.3, 0.4) is 0 Å². The maximum Gasteiger partial charge on any atom is 0.434 e. The number of hydrogen-bond donors (Lipinski definition) is 0. The molecule has 38 heavy (non-hydrogen) atoms. The zero-order valence-corrected chi connectivity index (χ0v) is 21.4. The minimum Gasteiger partial charge on any atom is -0.328 e. The van der Waals surface area contributed by atoms with Crippen molar-refractivity contribution in [3.8, 4) is 17.1 Å². The van der Waals surface area contributed by atoms with Crippen LogP contribution in [0.1, 0.15) is 56.5 Å². The number of imidazole rings is 1. The van der Waals surface area contributed by atoms with Gasteiger partial charge in [0.15, 0.2) is 11.2 Å². The summed E-state index contributed by atoms with van der Waals surface area (Å²) in [5.74, 6) is 0.478. The highest BCUT2D eigenvalue weighted by atomic mass is 19.4. The molecule has 3 heterocycles. The summed E-state index contributed by atoms with van der Waals surface area (Å²) in [5.41, 5.74) is 2.30. The second-order valence-corrected chi connectivity index (χ2v) is 9.85. The Labute approximate surface area is 217 Å². The zero-order valence-electron chi connectivity index (χ0n) is 21.4. The molecule has 0 unspecified atom stereocenters. The smallest absolute Gasteiger partial charge is 0.328 e. The van der Waals surface area contributed by atoms with Crippen LogP contribution in [0.25, 0.3) is 28.0 Å². The minimum atomic E-state index is -4.51. The fourth-order valence-corrected chi connectivity index (χ4v) is 4.48. The van der Waals surface area contributed by atoms with Gasteiger partial charge in [0, 0.05) is 29.4 Å². The van der Waals surface area contributed by atoms with Crippen molar-refractivity contribution in [1.82, 2.24) is 29.1 Å². The Morgan fingerprint density at radius 2 is 1.66 bits per heavy atom. The van der Waals surface area contributed by atoms with Crippen molar-refractivity contribution in [3.05, 3.63) is 94.3 Å². The van der Waals surface area contributed by atoms with E-state index in [0.29, 0.717) is 23.0 Å². The van der Waals surface area contributed by atoms with Crippen molar-refractivity contribution in [3.63, 3.8) is 0 Å². The highest BCUT2D eigenvalue weighted by Gasteiger charge is 2.35. The van der Waals surface area contributed by atoms with Gasteiger partial charge in [0.2, 0.25) is 0 Å². The largest absolute Gasteiger partial charge is 0.434 e. The number of alkyl halides is 3. The minimum absolute atomic E-state index is 0.185. The Balaban J connectivity index is 1.44. The first-order chi connectivity index (χ1) is 18.0. The molecule has 0 fully saturated rings. The second-order valence-electron chi connectivity index (χ2n) is 9.85. The van der Waals surface area contributed by atoms with E-state index in [2.05, 4.69) is 29.0 Å². The van der Waals surface area contributed by atoms with Crippen molar-refractivity contribution in [2.24, 2.45) is 0 Å². The summed E-state index contributed by atoms with van der Waals surface area (Å²) in [7, 11) is 0. The van der Waals surface area contributed by atoms with E-state index < -0.39 is 11.9 Å². The van der Waals surface area contributed by atoms with Gasteiger partial charge in [0.05, 0.1) is 18.4 Å². The normalized spacial score (nSPS) is 12.2. The molecule has 0 amide bonds. The van der Waals surface area contributed by atoms with E-state index in [1.807, 2.05) is 50.2 Å². The van der Waals surface area contributed by atoms with Gasteiger partial charge < -0.3 is 4.57 Å². The summed E-state index contributed by atoms with van der Waals surface area (Å²) in [5, 5.41) is 9.54. The molecule has 0 bridgehead atoms. The molecule has 10 heteroatoms. The summed E-state index contributed by atoms with van der Waals surface area (Å²) >= 11 is 0. The lowest BCUT2D eigenvalue weighted by Gasteiger charge is -2.13. The maximum atomic E-state index is 13.3. The summed E-state index contributed by atoms with van der Waals surface area (Å²) in [6.07, 6.45) is -0.0768. The monoisotopic (exact) mass is 520 g/mol. The molecule has 0 spiro atoms. The van der Waals surface area contributed by atoms with Gasteiger partial charge in [-0.1, -0.05) is 56.3 Å². The molecule has 0 radical (unpaired) electrons. The molecule has 7 nitrogen and oxygen atoms in total. The molecule has 2 aromatic carbocycles. The van der Waals surface area contributed by atoms with Gasteiger partial charge in [-0.2, -0.15) is 28.1 Å². The number of para-hydroxylation sites is 1. The van der Waals surface area contributed by atoms with Crippen LogP contribution >= 0.6 is 0 Å².